The Bertz CT molecular complexity index is 574. The summed E-state index contributed by atoms with van der Waals surface area (Å²) in [7, 11) is 0. The van der Waals surface area contributed by atoms with E-state index in [1.807, 2.05) is 4.90 Å². The number of carbonyl (C=O) groups is 1. The number of halogens is 1. The van der Waals surface area contributed by atoms with Gasteiger partial charge in [0.25, 0.3) is 0 Å². The molecule has 2 atom stereocenters. The number of hydrogen-bond acceptors (Lipinski definition) is 2. The first-order valence-corrected chi connectivity index (χ1v) is 7.62. The van der Waals surface area contributed by atoms with Gasteiger partial charge in [-0.1, -0.05) is 18.2 Å². The molecule has 2 aliphatic rings. The summed E-state index contributed by atoms with van der Waals surface area (Å²) < 4.78 is 5.31. The fraction of sp³-hybridized carbons (Fsp3) is 0.562. The molecule has 1 amide bonds. The summed E-state index contributed by atoms with van der Waals surface area (Å²) in [5.74, 6) is 0.332. The maximum absolute atomic E-state index is 12.5. The van der Waals surface area contributed by atoms with Gasteiger partial charge in [-0.25, -0.2) is 4.79 Å². The normalized spacial score (nSPS) is 30.5. The molecular weight excluding hydrogens is 274 g/mol. The zero-order valence-electron chi connectivity index (χ0n) is 12.2. The Morgan fingerprint density at radius 1 is 1.35 bits per heavy atom. The van der Waals surface area contributed by atoms with Gasteiger partial charge in [0.1, 0.15) is 6.61 Å². The quantitative estimate of drug-likeness (QED) is 0.774. The summed E-state index contributed by atoms with van der Waals surface area (Å²) in [6.07, 6.45) is 1.72. The lowest BCUT2D eigenvalue weighted by molar-refractivity contribution is 0.0463. The smallest absolute Gasteiger partial charge is 0.411 e. The van der Waals surface area contributed by atoms with Crippen LogP contribution in [0, 0.1) is 6.92 Å². The van der Waals surface area contributed by atoms with E-state index in [-0.39, 0.29) is 23.8 Å². The van der Waals surface area contributed by atoms with Crippen LogP contribution in [0.4, 0.5) is 4.79 Å². The number of rotatable bonds is 2. The molecule has 0 spiro atoms. The van der Waals surface area contributed by atoms with E-state index in [0.717, 1.165) is 12.8 Å². The summed E-state index contributed by atoms with van der Waals surface area (Å²) in [4.78, 5) is 14.4. The first-order chi connectivity index (χ1) is 9.45. The second-order valence-electron chi connectivity index (χ2n) is 6.18. The predicted molar refractivity (Wildman–Crippen MR) is 79.0 cm³/mol. The number of fused-ring (bicyclic) bond motifs is 5. The number of hydrogen-bond donors (Lipinski definition) is 0. The molecule has 3 rings (SSSR count). The molecule has 0 N–H and O–H groups in total. The summed E-state index contributed by atoms with van der Waals surface area (Å²) in [5.41, 5.74) is 3.33. The van der Waals surface area contributed by atoms with Crippen LogP contribution in [0.15, 0.2) is 18.2 Å². The summed E-state index contributed by atoms with van der Waals surface area (Å²) in [6, 6.07) is 6.34. The van der Waals surface area contributed by atoms with E-state index in [9.17, 15) is 4.79 Å². The number of alkyl halides is 1. The number of amides is 1. The highest BCUT2D eigenvalue weighted by molar-refractivity contribution is 6.18. The topological polar surface area (TPSA) is 29.5 Å². The lowest BCUT2D eigenvalue weighted by atomic mass is 9.76. The fourth-order valence-corrected chi connectivity index (χ4v) is 4.25. The van der Waals surface area contributed by atoms with Crippen molar-refractivity contribution in [2.45, 2.75) is 44.7 Å². The molecule has 108 valence electrons. The van der Waals surface area contributed by atoms with Gasteiger partial charge >= 0.3 is 6.09 Å². The highest BCUT2D eigenvalue weighted by atomic mass is 35.5. The third kappa shape index (κ3) is 1.56. The summed E-state index contributed by atoms with van der Waals surface area (Å²) in [5, 5.41) is 0. The Hall–Kier alpha value is -1.22. The molecule has 0 aromatic heterocycles. The maximum atomic E-state index is 12.5. The molecule has 0 radical (unpaired) electrons. The van der Waals surface area contributed by atoms with E-state index in [0.29, 0.717) is 5.88 Å². The SMILES string of the molecule is Cc1cccc2c1[C@@]1(C)CC[C@]2(C)N1C(=O)OCCCl. The molecule has 4 heteroatoms. The van der Waals surface area contributed by atoms with Gasteiger partial charge in [-0.3, -0.25) is 4.90 Å². The zero-order chi connectivity index (χ0) is 14.5. The molecule has 1 fully saturated rings. The van der Waals surface area contributed by atoms with Crippen LogP contribution in [0.25, 0.3) is 0 Å². The minimum Gasteiger partial charge on any atom is -0.448 e. The van der Waals surface area contributed by atoms with Gasteiger partial charge in [-0.15, -0.1) is 11.6 Å². The Morgan fingerprint density at radius 3 is 2.70 bits per heavy atom. The van der Waals surface area contributed by atoms with E-state index in [1.165, 1.54) is 16.7 Å². The first-order valence-electron chi connectivity index (χ1n) is 7.09. The van der Waals surface area contributed by atoms with Gasteiger partial charge in [0.2, 0.25) is 0 Å². The van der Waals surface area contributed by atoms with Crippen molar-refractivity contribution in [1.29, 1.82) is 0 Å². The fourth-order valence-electron chi connectivity index (χ4n) is 4.17. The molecule has 2 heterocycles. The van der Waals surface area contributed by atoms with E-state index in [4.69, 9.17) is 16.3 Å². The van der Waals surface area contributed by atoms with Crippen LogP contribution in [-0.4, -0.2) is 23.5 Å². The van der Waals surface area contributed by atoms with E-state index in [1.54, 1.807) is 0 Å². The van der Waals surface area contributed by atoms with Crippen molar-refractivity contribution in [2.75, 3.05) is 12.5 Å². The van der Waals surface area contributed by atoms with Gasteiger partial charge in [0, 0.05) is 0 Å². The van der Waals surface area contributed by atoms with Crippen LogP contribution in [0.1, 0.15) is 43.4 Å². The van der Waals surface area contributed by atoms with Crippen LogP contribution >= 0.6 is 11.6 Å². The molecular formula is C16H20ClNO2. The van der Waals surface area contributed by atoms with Gasteiger partial charge in [-0.05, 0) is 50.3 Å². The largest absolute Gasteiger partial charge is 0.448 e. The molecule has 1 aromatic carbocycles. The van der Waals surface area contributed by atoms with Crippen molar-refractivity contribution in [2.24, 2.45) is 0 Å². The average molecular weight is 294 g/mol. The van der Waals surface area contributed by atoms with Crippen LogP contribution in [0.2, 0.25) is 0 Å². The number of aryl methyl sites for hydroxylation is 1. The molecule has 2 aliphatic heterocycles. The zero-order valence-corrected chi connectivity index (χ0v) is 13.0. The first kappa shape index (κ1) is 13.7. The second kappa shape index (κ2) is 4.39. The second-order valence-corrected chi connectivity index (χ2v) is 6.56. The van der Waals surface area contributed by atoms with Crippen LogP contribution in [0.3, 0.4) is 0 Å². The standard InChI is InChI=1S/C16H20ClNO2/c1-11-5-4-6-12-13(11)16(3)8-7-15(12,2)18(16)14(19)20-10-9-17/h4-6H,7-10H2,1-3H3/t15-,16+/m0/s1. The van der Waals surface area contributed by atoms with Crippen molar-refractivity contribution in [3.63, 3.8) is 0 Å². The Labute approximate surface area is 124 Å². The minimum atomic E-state index is -0.251. The maximum Gasteiger partial charge on any atom is 0.411 e. The monoisotopic (exact) mass is 293 g/mol. The Balaban J connectivity index is 2.08. The van der Waals surface area contributed by atoms with Crippen LogP contribution in [0.5, 0.6) is 0 Å². The van der Waals surface area contributed by atoms with Crippen molar-refractivity contribution in [3.8, 4) is 0 Å². The predicted octanol–water partition coefficient (Wildman–Crippen LogP) is 3.91. The number of benzene rings is 1. The molecule has 20 heavy (non-hydrogen) atoms. The minimum absolute atomic E-state index is 0.247. The third-order valence-corrected chi connectivity index (χ3v) is 5.12. The molecule has 1 saturated heterocycles. The third-order valence-electron chi connectivity index (χ3n) is 4.96. The van der Waals surface area contributed by atoms with Gasteiger partial charge < -0.3 is 4.74 Å². The van der Waals surface area contributed by atoms with Crippen LogP contribution in [-0.2, 0) is 15.8 Å². The van der Waals surface area contributed by atoms with Gasteiger partial charge in [0.05, 0.1) is 17.0 Å². The van der Waals surface area contributed by atoms with Gasteiger partial charge in [0.15, 0.2) is 0 Å². The molecule has 2 bridgehead atoms. The lowest BCUT2D eigenvalue weighted by Crippen LogP contribution is -2.46. The van der Waals surface area contributed by atoms with E-state index < -0.39 is 0 Å². The summed E-state index contributed by atoms with van der Waals surface area (Å²) >= 11 is 5.63. The van der Waals surface area contributed by atoms with Crippen LogP contribution < -0.4 is 0 Å². The number of nitrogens with zero attached hydrogens (tertiary/aromatic N) is 1. The highest BCUT2D eigenvalue weighted by Crippen LogP contribution is 2.61. The molecule has 1 aromatic rings. The molecule has 0 saturated carbocycles. The molecule has 3 nitrogen and oxygen atoms in total. The highest BCUT2D eigenvalue weighted by Gasteiger charge is 2.62. The van der Waals surface area contributed by atoms with Crippen molar-refractivity contribution in [1.82, 2.24) is 4.90 Å². The van der Waals surface area contributed by atoms with Crippen molar-refractivity contribution in [3.05, 3.63) is 34.9 Å². The lowest BCUT2D eigenvalue weighted by Gasteiger charge is -2.35. The molecule has 0 aliphatic carbocycles. The van der Waals surface area contributed by atoms with E-state index >= 15 is 0 Å². The van der Waals surface area contributed by atoms with E-state index in [2.05, 4.69) is 39.0 Å². The van der Waals surface area contributed by atoms with Crippen molar-refractivity contribution >= 4 is 17.7 Å². The Morgan fingerprint density at radius 2 is 2.05 bits per heavy atom. The number of carbonyl (C=O) groups excluding carboxylic acids is 1. The van der Waals surface area contributed by atoms with Crippen molar-refractivity contribution < 1.29 is 9.53 Å². The number of ether oxygens (including phenoxy) is 1. The Kier molecular flexibility index (Phi) is 3.02. The molecule has 0 unspecified atom stereocenters. The van der Waals surface area contributed by atoms with Gasteiger partial charge in [-0.2, -0.15) is 0 Å². The summed E-state index contributed by atoms with van der Waals surface area (Å²) in [6.45, 7) is 6.68. The average Bonchev–Trinajstić information content (AvgIpc) is 2.79.